The molecule has 2 aromatic carbocycles. The molecule has 0 spiro atoms. The maximum absolute atomic E-state index is 14.0. The SMILES string of the molecule is COC(=O)CN1CCN(CC(=O)NCCCn2cc(C(=O)NC[C@H](NS(=O)(=O)c3c(C)cc(C)cc3C)C(=O)O)c(=O)c3ccc(CNc4ncc[nH]4)cc32)CCN(CC(=O)OC)CCN(CC(=O)OC)CC1. The zero-order valence-electron chi connectivity index (χ0n) is 42.2. The fourth-order valence-electron chi connectivity index (χ4n) is 8.44. The number of anilines is 1. The molecule has 1 atom stereocenters. The van der Waals surface area contributed by atoms with E-state index in [2.05, 4.69) is 30.6 Å². The number of carboxylic acids is 1. The van der Waals surface area contributed by atoms with Gasteiger partial charge in [-0.3, -0.25) is 53.2 Å². The van der Waals surface area contributed by atoms with Crippen molar-refractivity contribution in [2.45, 2.75) is 51.2 Å². The molecule has 2 amide bonds. The van der Waals surface area contributed by atoms with Crippen molar-refractivity contribution in [3.63, 3.8) is 0 Å². The predicted molar refractivity (Wildman–Crippen MR) is 268 cm³/mol. The molecule has 3 heterocycles. The number of imidazole rings is 1. The average Bonchev–Trinajstić information content (AvgIpc) is 3.88. The van der Waals surface area contributed by atoms with Crippen LogP contribution in [0, 0.1) is 20.8 Å². The Hall–Kier alpha value is -6.77. The molecule has 1 fully saturated rings. The number of benzene rings is 2. The number of aromatic nitrogens is 3. The smallest absolute Gasteiger partial charge is 0.323 e. The van der Waals surface area contributed by atoms with Crippen molar-refractivity contribution in [3.05, 3.63) is 87.0 Å². The number of carbonyl (C=O) groups is 6. The van der Waals surface area contributed by atoms with Crippen LogP contribution in [-0.2, 0) is 61.3 Å². The number of carbonyl (C=O) groups excluding carboxylic acids is 5. The molecule has 0 radical (unpaired) electrons. The minimum Gasteiger partial charge on any atom is -0.480 e. The highest BCUT2D eigenvalue weighted by Crippen LogP contribution is 2.22. The van der Waals surface area contributed by atoms with Gasteiger partial charge >= 0.3 is 23.9 Å². The second-order valence-corrected chi connectivity index (χ2v) is 19.3. The normalized spacial score (nSPS) is 15.1. The van der Waals surface area contributed by atoms with Crippen molar-refractivity contribution < 1.29 is 56.5 Å². The van der Waals surface area contributed by atoms with Crippen LogP contribution < -0.4 is 26.1 Å². The molecule has 1 aliphatic heterocycles. The van der Waals surface area contributed by atoms with Crippen molar-refractivity contribution in [1.29, 1.82) is 0 Å². The number of aliphatic carboxylic acids is 1. The number of fused-ring (bicyclic) bond motifs is 1. The van der Waals surface area contributed by atoms with Crippen LogP contribution in [0.2, 0.25) is 0 Å². The van der Waals surface area contributed by atoms with Gasteiger partial charge in [-0.1, -0.05) is 23.8 Å². The van der Waals surface area contributed by atoms with Crippen LogP contribution in [0.3, 0.4) is 0 Å². The van der Waals surface area contributed by atoms with Crippen LogP contribution in [0.15, 0.2) is 58.6 Å². The number of carboxylic acid groups (broad SMARTS) is 1. The first kappa shape index (κ1) is 57.1. The number of pyridine rings is 1. The van der Waals surface area contributed by atoms with Crippen LogP contribution >= 0.6 is 0 Å². The third-order valence-electron chi connectivity index (χ3n) is 12.2. The zero-order chi connectivity index (χ0) is 53.2. The van der Waals surface area contributed by atoms with E-state index >= 15 is 0 Å². The Morgan fingerprint density at radius 2 is 1.30 bits per heavy atom. The molecule has 4 aromatic rings. The van der Waals surface area contributed by atoms with E-state index in [1.54, 1.807) is 61.1 Å². The molecule has 2 aromatic heterocycles. The molecule has 1 aliphatic rings. The van der Waals surface area contributed by atoms with Gasteiger partial charge in [0.2, 0.25) is 21.4 Å². The van der Waals surface area contributed by atoms with Crippen molar-refractivity contribution in [3.8, 4) is 0 Å². The van der Waals surface area contributed by atoms with Gasteiger partial charge in [0, 0.05) is 103 Å². The number of hydrogen-bond donors (Lipinski definition) is 6. The van der Waals surface area contributed by atoms with E-state index in [1.165, 1.54) is 27.5 Å². The molecule has 73 heavy (non-hydrogen) atoms. The van der Waals surface area contributed by atoms with Crippen molar-refractivity contribution in [2.75, 3.05) is 118 Å². The van der Waals surface area contributed by atoms with Gasteiger partial charge in [-0.05, 0) is 56.0 Å². The first-order chi connectivity index (χ1) is 34.8. The summed E-state index contributed by atoms with van der Waals surface area (Å²) in [6.07, 6.45) is 4.95. The van der Waals surface area contributed by atoms with E-state index < -0.39 is 57.8 Å². The van der Waals surface area contributed by atoms with Crippen molar-refractivity contribution >= 4 is 62.6 Å². The number of aromatic amines is 1. The molecular formula is C48H67N11O13S. The van der Waals surface area contributed by atoms with Gasteiger partial charge in [-0.25, -0.2) is 13.4 Å². The fourth-order valence-corrected chi connectivity index (χ4v) is 10.1. The monoisotopic (exact) mass is 1040 g/mol. The Morgan fingerprint density at radius 1 is 0.767 bits per heavy atom. The van der Waals surface area contributed by atoms with E-state index in [9.17, 15) is 47.1 Å². The first-order valence-corrected chi connectivity index (χ1v) is 25.2. The maximum atomic E-state index is 14.0. The van der Waals surface area contributed by atoms with E-state index in [0.717, 1.165) is 11.1 Å². The zero-order valence-corrected chi connectivity index (χ0v) is 43.0. The van der Waals surface area contributed by atoms with Crippen LogP contribution in [0.5, 0.6) is 0 Å². The number of H-pyrrole nitrogens is 1. The van der Waals surface area contributed by atoms with Gasteiger partial charge < -0.3 is 44.8 Å². The number of hydrogen-bond acceptors (Lipinski definition) is 18. The third kappa shape index (κ3) is 17.2. The first-order valence-electron chi connectivity index (χ1n) is 23.7. The average molecular weight is 1040 g/mol. The van der Waals surface area contributed by atoms with E-state index in [-0.39, 0.29) is 61.0 Å². The number of sulfonamides is 1. The summed E-state index contributed by atoms with van der Waals surface area (Å²) >= 11 is 0. The van der Waals surface area contributed by atoms with Crippen LogP contribution in [0.1, 0.15) is 39.0 Å². The standard InChI is InChI=1S/C48H67N11O13S/c1-32-22-33(2)45(34(3)23-32)73(68,69)54-38(47(66)67)26-52-46(65)37-27-59(39-24-35(8-9-36(39)44(37)64)25-53-48-50-11-12-51-48)13-7-10-49-40(60)28-55-14-16-56(29-41(61)70-4)18-20-58(31-43(63)72-6)21-19-57(17-15-55)30-42(62)71-5/h8-9,11-12,22-24,27,38,54H,7,10,13-21,25-26,28-31H2,1-6H3,(H,49,60)(H,52,65)(H,66,67)(H2,50,51,53)/t38-/m0/s1. The molecule has 0 unspecified atom stereocenters. The van der Waals surface area contributed by atoms with E-state index in [1.807, 2.05) is 26.5 Å². The minimum atomic E-state index is -4.36. The molecular weight excluding hydrogens is 971 g/mol. The predicted octanol–water partition coefficient (Wildman–Crippen LogP) is -0.330. The lowest BCUT2D eigenvalue weighted by molar-refractivity contribution is -0.144. The number of esters is 3. The van der Waals surface area contributed by atoms with Gasteiger partial charge in [0.1, 0.15) is 11.6 Å². The highest BCUT2D eigenvalue weighted by atomic mass is 32.2. The summed E-state index contributed by atoms with van der Waals surface area (Å²) in [4.78, 5) is 105. The molecule has 5 rings (SSSR count). The van der Waals surface area contributed by atoms with Crippen molar-refractivity contribution in [2.24, 2.45) is 0 Å². The highest BCUT2D eigenvalue weighted by molar-refractivity contribution is 7.89. The van der Waals surface area contributed by atoms with E-state index in [0.29, 0.717) is 87.9 Å². The van der Waals surface area contributed by atoms with E-state index in [4.69, 9.17) is 14.2 Å². The maximum Gasteiger partial charge on any atom is 0.323 e. The molecule has 24 nitrogen and oxygen atoms in total. The Bertz CT molecular complexity index is 2690. The molecule has 0 bridgehead atoms. The van der Waals surface area contributed by atoms with Crippen LogP contribution in [0.25, 0.3) is 10.9 Å². The molecule has 25 heteroatoms. The summed E-state index contributed by atoms with van der Waals surface area (Å²) < 4.78 is 45.6. The fraction of sp³-hybridized carbons (Fsp3) is 0.500. The lowest BCUT2D eigenvalue weighted by Gasteiger charge is -2.33. The Labute approximate surface area is 423 Å². The van der Waals surface area contributed by atoms with Crippen LogP contribution in [0.4, 0.5) is 5.95 Å². The molecule has 398 valence electrons. The Balaban J connectivity index is 1.31. The molecule has 1 saturated heterocycles. The summed E-state index contributed by atoms with van der Waals surface area (Å²) in [7, 11) is -0.452. The number of nitrogens with one attached hydrogen (secondary N) is 5. The molecule has 0 aliphatic carbocycles. The Morgan fingerprint density at radius 3 is 1.79 bits per heavy atom. The van der Waals surface area contributed by atoms with Gasteiger partial charge in [0.15, 0.2) is 5.95 Å². The number of rotatable bonds is 22. The van der Waals surface area contributed by atoms with Crippen LogP contribution in [-0.4, -0.2) is 202 Å². The lowest BCUT2D eigenvalue weighted by Crippen LogP contribution is -2.50. The summed E-state index contributed by atoms with van der Waals surface area (Å²) in [5.74, 6) is -3.56. The number of aryl methyl sites for hydroxylation is 4. The number of nitrogens with zero attached hydrogens (tertiary/aromatic N) is 6. The van der Waals surface area contributed by atoms with Gasteiger partial charge in [-0.2, -0.15) is 4.72 Å². The second-order valence-electron chi connectivity index (χ2n) is 17.7. The number of ether oxygens (including phenoxy) is 3. The number of amides is 2. The molecule has 0 saturated carbocycles. The highest BCUT2D eigenvalue weighted by Gasteiger charge is 2.29. The minimum absolute atomic E-state index is 0.0131. The summed E-state index contributed by atoms with van der Waals surface area (Å²) in [6.45, 7) is 8.09. The Kier molecular flexibility index (Phi) is 21.4. The largest absolute Gasteiger partial charge is 0.480 e. The molecule has 6 N–H and O–H groups in total. The number of methoxy groups -OCH3 is 3. The van der Waals surface area contributed by atoms with Gasteiger partial charge in [0.25, 0.3) is 5.91 Å². The second kappa shape index (κ2) is 27.3. The summed E-state index contributed by atoms with van der Waals surface area (Å²) in [5.41, 5.74) is 1.97. The summed E-state index contributed by atoms with van der Waals surface area (Å²) in [5, 5.41) is 18.8. The topological polar surface area (TPSA) is 296 Å². The van der Waals surface area contributed by atoms with Gasteiger partial charge in [0.05, 0.1) is 57.9 Å². The van der Waals surface area contributed by atoms with Gasteiger partial charge in [-0.15, -0.1) is 0 Å². The lowest BCUT2D eigenvalue weighted by atomic mass is 10.1. The van der Waals surface area contributed by atoms with Crippen molar-refractivity contribution in [1.82, 2.24) is 49.5 Å². The third-order valence-corrected chi connectivity index (χ3v) is 14.0. The summed E-state index contributed by atoms with van der Waals surface area (Å²) in [6, 6.07) is 6.64. The quantitative estimate of drug-likeness (QED) is 0.0334.